The second-order valence-electron chi connectivity index (χ2n) is 4.91. The standard InChI is InChI=1S/C15H20N2O6/c1-4-5-6-15(19)23-9-14(18)16-11-8-13(22-3)12(17(20)21)7-10(11)2/h7-8H,4-6,9H2,1-3H3,(H,16,18). The van der Waals surface area contributed by atoms with Gasteiger partial charge in [-0.1, -0.05) is 13.3 Å². The van der Waals surface area contributed by atoms with Crippen LogP contribution >= 0.6 is 0 Å². The molecule has 1 N–H and O–H groups in total. The van der Waals surface area contributed by atoms with Crippen molar-refractivity contribution < 1.29 is 24.0 Å². The van der Waals surface area contributed by atoms with Crippen LogP contribution < -0.4 is 10.1 Å². The number of hydrogen-bond donors (Lipinski definition) is 1. The van der Waals surface area contributed by atoms with Gasteiger partial charge in [-0.05, 0) is 18.9 Å². The van der Waals surface area contributed by atoms with E-state index in [0.717, 1.165) is 6.42 Å². The summed E-state index contributed by atoms with van der Waals surface area (Å²) in [5.41, 5.74) is 0.680. The van der Waals surface area contributed by atoms with Gasteiger partial charge in [0.25, 0.3) is 5.91 Å². The van der Waals surface area contributed by atoms with Gasteiger partial charge in [0, 0.05) is 24.2 Å². The van der Waals surface area contributed by atoms with E-state index in [-0.39, 0.29) is 17.9 Å². The van der Waals surface area contributed by atoms with Crippen LogP contribution in [0.2, 0.25) is 0 Å². The Morgan fingerprint density at radius 1 is 1.35 bits per heavy atom. The van der Waals surface area contributed by atoms with E-state index >= 15 is 0 Å². The van der Waals surface area contributed by atoms with Crippen LogP contribution in [0.25, 0.3) is 0 Å². The van der Waals surface area contributed by atoms with Gasteiger partial charge in [-0.3, -0.25) is 19.7 Å². The highest BCUT2D eigenvalue weighted by Gasteiger charge is 2.18. The van der Waals surface area contributed by atoms with E-state index in [2.05, 4.69) is 5.32 Å². The highest BCUT2D eigenvalue weighted by atomic mass is 16.6. The zero-order chi connectivity index (χ0) is 17.4. The van der Waals surface area contributed by atoms with Crippen molar-refractivity contribution in [2.45, 2.75) is 33.1 Å². The lowest BCUT2D eigenvalue weighted by Crippen LogP contribution is -2.21. The number of nitrogens with zero attached hydrogens (tertiary/aromatic N) is 1. The number of benzene rings is 1. The summed E-state index contributed by atoms with van der Waals surface area (Å²) in [5.74, 6) is -0.912. The number of amides is 1. The monoisotopic (exact) mass is 324 g/mol. The Balaban J connectivity index is 2.71. The molecule has 0 atom stereocenters. The molecule has 23 heavy (non-hydrogen) atoms. The Bertz CT molecular complexity index is 600. The fraction of sp³-hybridized carbons (Fsp3) is 0.467. The van der Waals surface area contributed by atoms with Crippen LogP contribution in [0, 0.1) is 17.0 Å². The number of hydrogen-bond acceptors (Lipinski definition) is 6. The molecule has 0 heterocycles. The average Bonchev–Trinajstić information content (AvgIpc) is 2.52. The van der Waals surface area contributed by atoms with E-state index in [1.165, 1.54) is 19.2 Å². The van der Waals surface area contributed by atoms with Gasteiger partial charge in [0.15, 0.2) is 12.4 Å². The second kappa shape index (κ2) is 8.72. The molecular weight excluding hydrogens is 304 g/mol. The van der Waals surface area contributed by atoms with Crippen LogP contribution in [0.15, 0.2) is 12.1 Å². The lowest BCUT2D eigenvalue weighted by molar-refractivity contribution is -0.385. The highest BCUT2D eigenvalue weighted by Crippen LogP contribution is 2.32. The maximum Gasteiger partial charge on any atom is 0.311 e. The largest absolute Gasteiger partial charge is 0.490 e. The van der Waals surface area contributed by atoms with Crippen LogP contribution in [0.3, 0.4) is 0 Å². The van der Waals surface area contributed by atoms with Gasteiger partial charge < -0.3 is 14.8 Å². The van der Waals surface area contributed by atoms with Gasteiger partial charge >= 0.3 is 11.7 Å². The van der Waals surface area contributed by atoms with Crippen molar-refractivity contribution in [3.05, 3.63) is 27.8 Å². The molecule has 0 spiro atoms. The predicted octanol–water partition coefficient (Wildman–Crippen LogP) is 2.58. The number of nitro groups is 1. The smallest absolute Gasteiger partial charge is 0.311 e. The number of rotatable bonds is 8. The first-order valence-corrected chi connectivity index (χ1v) is 7.17. The van der Waals surface area contributed by atoms with Crippen LogP contribution in [0.5, 0.6) is 5.75 Å². The Labute approximate surface area is 133 Å². The van der Waals surface area contributed by atoms with Crippen LogP contribution in [0.1, 0.15) is 31.7 Å². The van der Waals surface area contributed by atoms with Crippen molar-refractivity contribution in [2.24, 2.45) is 0 Å². The van der Waals surface area contributed by atoms with Gasteiger partial charge in [-0.2, -0.15) is 0 Å². The Hall–Kier alpha value is -2.64. The van der Waals surface area contributed by atoms with Gasteiger partial charge in [-0.25, -0.2) is 0 Å². The molecule has 1 rings (SSSR count). The number of methoxy groups -OCH3 is 1. The third-order valence-corrected chi connectivity index (χ3v) is 3.10. The molecule has 0 saturated heterocycles. The fourth-order valence-corrected chi connectivity index (χ4v) is 1.84. The number of carbonyl (C=O) groups excluding carboxylic acids is 2. The van der Waals surface area contributed by atoms with Crippen molar-refractivity contribution in [1.29, 1.82) is 0 Å². The molecular formula is C15H20N2O6. The maximum absolute atomic E-state index is 11.8. The number of carbonyl (C=O) groups is 2. The van der Waals surface area contributed by atoms with Gasteiger partial charge in [-0.15, -0.1) is 0 Å². The minimum Gasteiger partial charge on any atom is -0.490 e. The molecule has 8 heteroatoms. The van der Waals surface area contributed by atoms with Gasteiger partial charge in [0.1, 0.15) is 0 Å². The Morgan fingerprint density at radius 3 is 2.61 bits per heavy atom. The predicted molar refractivity (Wildman–Crippen MR) is 83.5 cm³/mol. The first kappa shape index (κ1) is 18.4. The minimum absolute atomic E-state index is 0.0378. The summed E-state index contributed by atoms with van der Waals surface area (Å²) >= 11 is 0. The molecule has 0 aliphatic rings. The first-order chi connectivity index (χ1) is 10.9. The molecule has 0 saturated carbocycles. The topological polar surface area (TPSA) is 108 Å². The average molecular weight is 324 g/mol. The summed E-state index contributed by atoms with van der Waals surface area (Å²) in [4.78, 5) is 33.5. The summed E-state index contributed by atoms with van der Waals surface area (Å²) in [6.07, 6.45) is 1.84. The van der Waals surface area contributed by atoms with Crippen LogP contribution in [-0.2, 0) is 14.3 Å². The zero-order valence-corrected chi connectivity index (χ0v) is 13.4. The fourth-order valence-electron chi connectivity index (χ4n) is 1.84. The molecule has 0 radical (unpaired) electrons. The first-order valence-electron chi connectivity index (χ1n) is 7.17. The quantitative estimate of drug-likeness (QED) is 0.447. The molecule has 0 aliphatic heterocycles. The number of nitro benzene ring substituents is 1. The molecule has 0 bridgehead atoms. The molecule has 126 valence electrons. The molecule has 8 nitrogen and oxygen atoms in total. The third-order valence-electron chi connectivity index (χ3n) is 3.10. The SMILES string of the molecule is CCCCC(=O)OCC(=O)Nc1cc(OC)c([N+](=O)[O-])cc1C. The molecule has 0 unspecified atom stereocenters. The summed E-state index contributed by atoms with van der Waals surface area (Å²) < 4.78 is 9.79. The van der Waals surface area contributed by atoms with Crippen molar-refractivity contribution in [3.63, 3.8) is 0 Å². The molecule has 0 fully saturated rings. The number of nitrogens with one attached hydrogen (secondary N) is 1. The Kier molecular flexibility index (Phi) is 6.98. The molecule has 0 aromatic heterocycles. The lowest BCUT2D eigenvalue weighted by Gasteiger charge is -2.11. The molecule has 0 aliphatic carbocycles. The Morgan fingerprint density at radius 2 is 2.04 bits per heavy atom. The van der Waals surface area contributed by atoms with E-state index in [9.17, 15) is 19.7 Å². The minimum atomic E-state index is -0.563. The molecule has 1 aromatic carbocycles. The normalized spacial score (nSPS) is 10.0. The zero-order valence-electron chi connectivity index (χ0n) is 13.4. The third kappa shape index (κ3) is 5.57. The number of unbranched alkanes of at least 4 members (excludes halogenated alkanes) is 1. The van der Waals surface area contributed by atoms with Crippen molar-refractivity contribution >= 4 is 23.3 Å². The maximum atomic E-state index is 11.8. The second-order valence-corrected chi connectivity index (χ2v) is 4.91. The molecule has 1 amide bonds. The summed E-state index contributed by atoms with van der Waals surface area (Å²) in [6.45, 7) is 3.17. The van der Waals surface area contributed by atoms with E-state index in [4.69, 9.17) is 9.47 Å². The van der Waals surface area contributed by atoms with Gasteiger partial charge in [0.05, 0.1) is 12.0 Å². The van der Waals surface area contributed by atoms with Crippen LogP contribution in [0.4, 0.5) is 11.4 Å². The van der Waals surface area contributed by atoms with E-state index in [1.54, 1.807) is 6.92 Å². The summed E-state index contributed by atoms with van der Waals surface area (Å²) in [6, 6.07) is 2.67. The van der Waals surface area contributed by atoms with Crippen molar-refractivity contribution in [3.8, 4) is 5.75 Å². The number of ether oxygens (including phenoxy) is 2. The summed E-state index contributed by atoms with van der Waals surface area (Å²) in [5, 5.41) is 13.5. The van der Waals surface area contributed by atoms with E-state index in [0.29, 0.717) is 17.7 Å². The van der Waals surface area contributed by atoms with E-state index in [1.807, 2.05) is 6.92 Å². The lowest BCUT2D eigenvalue weighted by atomic mass is 10.1. The van der Waals surface area contributed by atoms with Crippen LogP contribution in [-0.4, -0.2) is 30.5 Å². The number of anilines is 1. The number of aryl methyl sites for hydroxylation is 1. The number of esters is 1. The van der Waals surface area contributed by atoms with Crippen molar-refractivity contribution in [2.75, 3.05) is 19.0 Å². The van der Waals surface area contributed by atoms with E-state index < -0.39 is 23.4 Å². The van der Waals surface area contributed by atoms with Crippen molar-refractivity contribution in [1.82, 2.24) is 0 Å². The highest BCUT2D eigenvalue weighted by molar-refractivity contribution is 5.94. The summed E-state index contributed by atoms with van der Waals surface area (Å²) in [7, 11) is 1.30. The van der Waals surface area contributed by atoms with Gasteiger partial charge in [0.2, 0.25) is 0 Å². The molecule has 1 aromatic rings.